The number of hydroxylamine groups is 1. The van der Waals surface area contributed by atoms with Crippen LogP contribution in [-0.4, -0.2) is 29.5 Å². The zero-order chi connectivity index (χ0) is 25.1. The first-order valence-corrected chi connectivity index (χ1v) is 10.8. The van der Waals surface area contributed by atoms with Crippen LogP contribution in [0.5, 0.6) is 0 Å². The van der Waals surface area contributed by atoms with E-state index in [9.17, 15) is 19.2 Å². The number of fused-ring (bicyclic) bond motifs is 1. The van der Waals surface area contributed by atoms with E-state index in [0.29, 0.717) is 11.3 Å². The van der Waals surface area contributed by atoms with Crippen LogP contribution in [0.25, 0.3) is 5.57 Å². The van der Waals surface area contributed by atoms with Gasteiger partial charge in [-0.2, -0.15) is 0 Å². The van der Waals surface area contributed by atoms with Crippen LogP contribution in [0.2, 0.25) is 0 Å². The van der Waals surface area contributed by atoms with Gasteiger partial charge in [0.05, 0.1) is 16.7 Å². The zero-order valence-corrected chi connectivity index (χ0v) is 20.5. The van der Waals surface area contributed by atoms with E-state index in [1.54, 1.807) is 67.5 Å². The lowest BCUT2D eigenvalue weighted by Crippen LogP contribution is -2.35. The quantitative estimate of drug-likeness (QED) is 0.375. The molecule has 0 fully saturated rings. The molecule has 180 valence electrons. The van der Waals surface area contributed by atoms with Gasteiger partial charge < -0.3 is 14.3 Å². The molecule has 0 saturated heterocycles. The summed E-state index contributed by atoms with van der Waals surface area (Å²) in [7, 11) is 0. The van der Waals surface area contributed by atoms with Crippen molar-refractivity contribution in [2.75, 3.05) is 10.4 Å². The third kappa shape index (κ3) is 6.34. The van der Waals surface area contributed by atoms with Gasteiger partial charge in [-0.15, -0.1) is 5.06 Å². The second-order valence-corrected chi connectivity index (χ2v) is 9.57. The smallest absolute Gasteiger partial charge is 0.412 e. The molecule has 1 heterocycles. The molecule has 0 aromatic heterocycles. The Morgan fingerprint density at radius 1 is 1.00 bits per heavy atom. The zero-order valence-electron chi connectivity index (χ0n) is 20.5. The summed E-state index contributed by atoms with van der Waals surface area (Å²) in [6.45, 7) is 13.6. The van der Waals surface area contributed by atoms with Crippen molar-refractivity contribution >= 4 is 40.9 Å². The molecule has 0 atom stereocenters. The Morgan fingerprint density at radius 3 is 2.15 bits per heavy atom. The minimum absolute atomic E-state index is 0.125. The summed E-state index contributed by atoms with van der Waals surface area (Å²) in [6, 6.07) is 4.67. The highest BCUT2D eigenvalue weighted by molar-refractivity contribution is 6.32. The fourth-order valence-electron chi connectivity index (χ4n) is 2.83. The molecular weight excluding hydrogens is 428 g/mol. The van der Waals surface area contributed by atoms with E-state index in [2.05, 4.69) is 5.32 Å². The molecule has 2 rings (SSSR count). The topological polar surface area (TPSA) is 111 Å². The molecule has 9 nitrogen and oxygen atoms in total. The predicted molar refractivity (Wildman–Crippen MR) is 123 cm³/mol. The highest BCUT2D eigenvalue weighted by Crippen LogP contribution is 2.42. The highest BCUT2D eigenvalue weighted by Gasteiger charge is 2.40. The van der Waals surface area contributed by atoms with Gasteiger partial charge in [0.2, 0.25) is 0 Å². The standard InChI is InChI=1S/C24H32N2O7/c1-9-17(31-18(27)10-2)19-15-12-11-14(25-22(30)32-24(6,7)8)13-16(15)26(20(19)28)33-21(29)23(3,4)5/h11-13H,9-10H2,1-8H3,(H,25,30)/b19-17-. The largest absolute Gasteiger partial charge is 0.444 e. The van der Waals surface area contributed by atoms with Gasteiger partial charge in [-0.3, -0.25) is 14.9 Å². The number of carbonyl (C=O) groups excluding carboxylic acids is 4. The molecule has 1 aliphatic heterocycles. The van der Waals surface area contributed by atoms with Crippen molar-refractivity contribution in [3.05, 3.63) is 29.5 Å². The Kier molecular flexibility index (Phi) is 7.57. The number of benzene rings is 1. The predicted octanol–water partition coefficient (Wildman–Crippen LogP) is 4.96. The van der Waals surface area contributed by atoms with Crippen molar-refractivity contribution in [2.24, 2.45) is 5.41 Å². The van der Waals surface area contributed by atoms with E-state index in [0.717, 1.165) is 5.06 Å². The number of hydrogen-bond donors (Lipinski definition) is 1. The Morgan fingerprint density at radius 2 is 1.64 bits per heavy atom. The number of esters is 1. The Labute approximate surface area is 194 Å². The van der Waals surface area contributed by atoms with E-state index in [-0.39, 0.29) is 29.9 Å². The maximum absolute atomic E-state index is 13.3. The lowest BCUT2D eigenvalue weighted by atomic mass is 9.98. The van der Waals surface area contributed by atoms with Crippen molar-refractivity contribution in [1.82, 2.24) is 0 Å². The summed E-state index contributed by atoms with van der Waals surface area (Å²) in [4.78, 5) is 55.4. The first-order chi connectivity index (χ1) is 15.2. The first-order valence-electron chi connectivity index (χ1n) is 10.8. The molecule has 9 heteroatoms. The van der Waals surface area contributed by atoms with Gasteiger partial charge in [0.1, 0.15) is 11.4 Å². The normalized spacial score (nSPS) is 15.0. The molecule has 0 spiro atoms. The summed E-state index contributed by atoms with van der Waals surface area (Å²) in [6.07, 6.45) is -0.267. The van der Waals surface area contributed by atoms with Crippen LogP contribution >= 0.6 is 0 Å². The van der Waals surface area contributed by atoms with Crippen molar-refractivity contribution < 1.29 is 33.5 Å². The molecule has 1 aromatic rings. The average Bonchev–Trinajstić information content (AvgIpc) is 2.95. The lowest BCUT2D eigenvalue weighted by Gasteiger charge is -2.22. The van der Waals surface area contributed by atoms with E-state index in [1.165, 1.54) is 6.07 Å². The number of amides is 2. The Balaban J connectivity index is 2.54. The minimum atomic E-state index is -0.873. The van der Waals surface area contributed by atoms with Gasteiger partial charge in [0.15, 0.2) is 0 Å². The molecule has 1 aromatic carbocycles. The second kappa shape index (κ2) is 9.64. The molecule has 0 bridgehead atoms. The molecule has 0 radical (unpaired) electrons. The number of nitrogens with one attached hydrogen (secondary N) is 1. The number of anilines is 2. The summed E-state index contributed by atoms with van der Waals surface area (Å²) in [5, 5.41) is 3.47. The molecule has 1 aliphatic rings. The van der Waals surface area contributed by atoms with Crippen LogP contribution in [0.15, 0.2) is 24.0 Å². The van der Waals surface area contributed by atoms with Gasteiger partial charge in [0, 0.05) is 24.1 Å². The summed E-state index contributed by atoms with van der Waals surface area (Å²) in [5.74, 6) is -1.58. The molecule has 2 amide bonds. The molecule has 0 aliphatic carbocycles. The summed E-state index contributed by atoms with van der Waals surface area (Å²) < 4.78 is 10.7. The van der Waals surface area contributed by atoms with Crippen molar-refractivity contribution in [1.29, 1.82) is 0 Å². The monoisotopic (exact) mass is 460 g/mol. The molecule has 33 heavy (non-hydrogen) atoms. The number of carbonyl (C=O) groups is 4. The van der Waals surface area contributed by atoms with Crippen LogP contribution < -0.4 is 10.4 Å². The van der Waals surface area contributed by atoms with E-state index < -0.39 is 35.0 Å². The van der Waals surface area contributed by atoms with Crippen LogP contribution in [-0.2, 0) is 28.7 Å². The van der Waals surface area contributed by atoms with Gasteiger partial charge in [-0.1, -0.05) is 13.8 Å². The van der Waals surface area contributed by atoms with Crippen molar-refractivity contribution in [3.63, 3.8) is 0 Å². The van der Waals surface area contributed by atoms with E-state index >= 15 is 0 Å². The van der Waals surface area contributed by atoms with Gasteiger partial charge in [0.25, 0.3) is 5.91 Å². The third-order valence-corrected chi connectivity index (χ3v) is 4.44. The fraction of sp³-hybridized carbons (Fsp3) is 0.500. The molecule has 1 N–H and O–H groups in total. The van der Waals surface area contributed by atoms with Crippen LogP contribution in [0.1, 0.15) is 73.8 Å². The molecule has 0 saturated carbocycles. The average molecular weight is 461 g/mol. The van der Waals surface area contributed by atoms with E-state index in [4.69, 9.17) is 14.3 Å². The van der Waals surface area contributed by atoms with E-state index in [1.807, 2.05) is 0 Å². The number of allylic oxidation sites excluding steroid dienone is 1. The number of nitrogens with zero attached hydrogens (tertiary/aromatic N) is 1. The Hall–Kier alpha value is -3.36. The SMILES string of the molecule is CCC(=O)O/C(CC)=C1\C(=O)N(OC(=O)C(C)(C)C)c2cc(NC(=O)OC(C)(C)C)ccc21. The Bertz CT molecular complexity index is 997. The van der Waals surface area contributed by atoms with Crippen molar-refractivity contribution in [3.8, 4) is 0 Å². The van der Waals surface area contributed by atoms with Crippen LogP contribution in [0.3, 0.4) is 0 Å². The first kappa shape index (κ1) is 25.9. The highest BCUT2D eigenvalue weighted by atomic mass is 16.7. The van der Waals surface area contributed by atoms with Gasteiger partial charge in [-0.25, -0.2) is 9.59 Å². The van der Waals surface area contributed by atoms with Crippen molar-refractivity contribution in [2.45, 2.75) is 73.8 Å². The number of rotatable bonds is 5. The second-order valence-electron chi connectivity index (χ2n) is 9.57. The van der Waals surface area contributed by atoms with Crippen LogP contribution in [0.4, 0.5) is 16.2 Å². The summed E-state index contributed by atoms with van der Waals surface area (Å²) in [5.41, 5.74) is -0.462. The fourth-order valence-corrected chi connectivity index (χ4v) is 2.83. The maximum Gasteiger partial charge on any atom is 0.412 e. The lowest BCUT2D eigenvalue weighted by molar-refractivity contribution is -0.157. The summed E-state index contributed by atoms with van der Waals surface area (Å²) >= 11 is 0. The van der Waals surface area contributed by atoms with Gasteiger partial charge >= 0.3 is 18.0 Å². The van der Waals surface area contributed by atoms with Crippen LogP contribution in [0, 0.1) is 5.41 Å². The number of hydrogen-bond acceptors (Lipinski definition) is 7. The third-order valence-electron chi connectivity index (χ3n) is 4.44. The molecule has 0 unspecified atom stereocenters. The maximum atomic E-state index is 13.3. The molecular formula is C24H32N2O7. The number of ether oxygens (including phenoxy) is 2. The van der Waals surface area contributed by atoms with Gasteiger partial charge in [-0.05, 0) is 59.7 Å². The minimum Gasteiger partial charge on any atom is -0.444 e.